The molecule has 1 aliphatic carbocycles. The van der Waals surface area contributed by atoms with E-state index in [0.29, 0.717) is 12.0 Å². The maximum Gasteiger partial charge on any atom is 0.335 e. The fourth-order valence-corrected chi connectivity index (χ4v) is 2.68. The lowest BCUT2D eigenvalue weighted by Crippen LogP contribution is -2.01. The van der Waals surface area contributed by atoms with Crippen LogP contribution in [-0.4, -0.2) is 19.1 Å². The van der Waals surface area contributed by atoms with Crippen molar-refractivity contribution in [3.05, 3.63) is 41.1 Å². The van der Waals surface area contributed by atoms with E-state index in [0.717, 1.165) is 22.4 Å². The Balaban J connectivity index is 2.25. The molecule has 1 aliphatic rings. The predicted octanol–water partition coefficient (Wildman–Crippen LogP) is 2.35. The van der Waals surface area contributed by atoms with Crippen LogP contribution in [0.3, 0.4) is 0 Å². The number of nitrogens with zero attached hydrogens (tertiary/aromatic N) is 2. The third-order valence-corrected chi connectivity index (χ3v) is 3.29. The average Bonchev–Trinajstić information content (AvgIpc) is 2.72. The molecule has 5 heteroatoms. The van der Waals surface area contributed by atoms with Gasteiger partial charge in [0.25, 0.3) is 0 Å². The maximum absolute atomic E-state index is 11.1. The normalized spacial score (nSPS) is 12.3. The molecule has 0 saturated heterocycles. The van der Waals surface area contributed by atoms with Gasteiger partial charge in [0.15, 0.2) is 0 Å². The second-order valence-corrected chi connectivity index (χ2v) is 4.69. The quantitative estimate of drug-likeness (QED) is 0.699. The summed E-state index contributed by atoms with van der Waals surface area (Å²) in [6.45, 7) is 0. The zero-order chi connectivity index (χ0) is 11.3. The number of aromatic carboxylic acids is 1. The first-order valence-electron chi connectivity index (χ1n) is 4.77. The highest BCUT2D eigenvalue weighted by Gasteiger charge is 2.26. The van der Waals surface area contributed by atoms with Crippen molar-refractivity contribution >= 4 is 28.8 Å². The van der Waals surface area contributed by atoms with Crippen LogP contribution in [0.1, 0.15) is 21.5 Å². The van der Waals surface area contributed by atoms with Gasteiger partial charge in [-0.3, -0.25) is 0 Å². The van der Waals surface area contributed by atoms with Gasteiger partial charge in [0.1, 0.15) is 0 Å². The molecule has 1 heterocycles. The van der Waals surface area contributed by atoms with Crippen LogP contribution < -0.4 is 0 Å². The number of rotatable bonds is 1. The van der Waals surface area contributed by atoms with E-state index in [1.165, 1.54) is 0 Å². The molecule has 1 aromatic carbocycles. The Kier molecular flexibility index (Phi) is 2.03. The Hall–Kier alpha value is -1.37. The van der Waals surface area contributed by atoms with E-state index in [9.17, 15) is 4.79 Å². The number of carboxylic acid groups (broad SMARTS) is 1. The highest BCUT2D eigenvalue weighted by Crippen LogP contribution is 2.37. The van der Waals surface area contributed by atoms with Crippen molar-refractivity contribution in [3.8, 4) is 11.3 Å². The summed E-state index contributed by atoms with van der Waals surface area (Å²) < 4.78 is 1.73. The van der Waals surface area contributed by atoms with Gasteiger partial charge in [-0.1, -0.05) is 12.1 Å². The van der Waals surface area contributed by atoms with Gasteiger partial charge in [-0.15, -0.1) is 0 Å². The number of carbonyl (C=O) groups is 1. The minimum absolute atomic E-state index is 0.385. The third-order valence-electron chi connectivity index (χ3n) is 2.79. The molecular weight excluding hydrogens is 319 g/mol. The molecule has 0 spiro atoms. The number of aromatic nitrogens is 2. The van der Waals surface area contributed by atoms with Crippen LogP contribution in [0, 0.1) is 0 Å². The fraction of sp³-hybridized carbons (Fsp3) is 0.0909. The number of fused-ring (bicyclic) bond motifs is 3. The lowest BCUT2D eigenvalue weighted by atomic mass is 10.0. The van der Waals surface area contributed by atoms with Crippen LogP contribution in [-0.2, 0) is 6.42 Å². The average molecular weight is 326 g/mol. The van der Waals surface area contributed by atoms with E-state index in [1.54, 1.807) is 15.0 Å². The fourth-order valence-electron chi connectivity index (χ4n) is 2.12. The van der Waals surface area contributed by atoms with Crippen molar-refractivity contribution in [2.45, 2.75) is 6.42 Å². The van der Waals surface area contributed by atoms with Crippen molar-refractivity contribution in [2.24, 2.45) is 0 Å². The standard InChI is InChI=1S/C11H7IN2O2/c12-14-5-6-4-9-7(10(6)13-14)2-1-3-8(9)11(15)16/h1-3,5H,4H2,(H,15,16). The van der Waals surface area contributed by atoms with Gasteiger partial charge in [0.05, 0.1) is 34.1 Å². The third kappa shape index (κ3) is 1.27. The summed E-state index contributed by atoms with van der Waals surface area (Å²) in [6.07, 6.45) is 2.59. The van der Waals surface area contributed by atoms with Crippen LogP contribution in [0.5, 0.6) is 0 Å². The number of hydrogen-bond donors (Lipinski definition) is 1. The summed E-state index contributed by atoms with van der Waals surface area (Å²) in [5.41, 5.74) is 4.22. The summed E-state index contributed by atoms with van der Waals surface area (Å²) in [4.78, 5) is 11.1. The van der Waals surface area contributed by atoms with Crippen LogP contribution in [0.2, 0.25) is 0 Å². The van der Waals surface area contributed by atoms with E-state index < -0.39 is 5.97 Å². The Morgan fingerprint density at radius 3 is 3.06 bits per heavy atom. The van der Waals surface area contributed by atoms with Crippen LogP contribution >= 0.6 is 22.9 Å². The molecule has 0 fully saturated rings. The monoisotopic (exact) mass is 326 g/mol. The Labute approximate surface area is 105 Å². The van der Waals surface area contributed by atoms with E-state index in [1.807, 2.05) is 12.3 Å². The maximum atomic E-state index is 11.1. The van der Waals surface area contributed by atoms with Gasteiger partial charge < -0.3 is 5.11 Å². The van der Waals surface area contributed by atoms with Gasteiger partial charge in [-0.05, 0) is 11.6 Å². The van der Waals surface area contributed by atoms with Crippen molar-refractivity contribution in [2.75, 3.05) is 0 Å². The van der Waals surface area contributed by atoms with Crippen molar-refractivity contribution in [1.29, 1.82) is 0 Å². The highest BCUT2D eigenvalue weighted by molar-refractivity contribution is 14.1. The molecule has 1 N–H and O–H groups in total. The van der Waals surface area contributed by atoms with Gasteiger partial charge >= 0.3 is 5.97 Å². The molecule has 0 bridgehead atoms. The molecular formula is C11H7IN2O2. The Bertz CT molecular complexity index is 604. The highest BCUT2D eigenvalue weighted by atomic mass is 127. The van der Waals surface area contributed by atoms with Gasteiger partial charge in [0.2, 0.25) is 0 Å². The molecule has 80 valence electrons. The first-order chi connectivity index (χ1) is 7.66. The summed E-state index contributed by atoms with van der Waals surface area (Å²) in [6, 6.07) is 5.34. The van der Waals surface area contributed by atoms with E-state index in [4.69, 9.17) is 5.11 Å². The predicted molar refractivity (Wildman–Crippen MR) is 66.8 cm³/mol. The Morgan fingerprint density at radius 2 is 2.31 bits per heavy atom. The molecule has 0 amide bonds. The van der Waals surface area contributed by atoms with Crippen molar-refractivity contribution in [1.82, 2.24) is 7.99 Å². The van der Waals surface area contributed by atoms with Crippen LogP contribution in [0.4, 0.5) is 0 Å². The smallest absolute Gasteiger partial charge is 0.335 e. The lowest BCUT2D eigenvalue weighted by molar-refractivity contribution is 0.0696. The SMILES string of the molecule is O=C(O)c1cccc2c1Cc1cn(I)nc1-2. The van der Waals surface area contributed by atoms with E-state index in [-0.39, 0.29) is 0 Å². The van der Waals surface area contributed by atoms with Crippen LogP contribution in [0.25, 0.3) is 11.3 Å². The number of benzene rings is 1. The largest absolute Gasteiger partial charge is 0.478 e. The second-order valence-electron chi connectivity index (χ2n) is 3.71. The van der Waals surface area contributed by atoms with Gasteiger partial charge in [-0.25, -0.2) is 7.69 Å². The molecule has 0 atom stereocenters. The topological polar surface area (TPSA) is 55.1 Å². The minimum atomic E-state index is -0.871. The molecule has 16 heavy (non-hydrogen) atoms. The lowest BCUT2D eigenvalue weighted by Gasteiger charge is -2.03. The van der Waals surface area contributed by atoms with Crippen molar-refractivity contribution in [3.63, 3.8) is 0 Å². The van der Waals surface area contributed by atoms with Gasteiger partial charge in [0, 0.05) is 23.7 Å². The zero-order valence-electron chi connectivity index (χ0n) is 8.14. The molecule has 0 aliphatic heterocycles. The summed E-state index contributed by atoms with van der Waals surface area (Å²) in [7, 11) is 0. The van der Waals surface area contributed by atoms with Gasteiger partial charge in [-0.2, -0.15) is 5.10 Å². The summed E-state index contributed by atoms with van der Waals surface area (Å²) in [5, 5.41) is 13.4. The minimum Gasteiger partial charge on any atom is -0.478 e. The van der Waals surface area contributed by atoms with E-state index in [2.05, 4.69) is 28.0 Å². The number of halogens is 1. The van der Waals surface area contributed by atoms with Crippen molar-refractivity contribution < 1.29 is 9.90 Å². The summed E-state index contributed by atoms with van der Waals surface area (Å²) in [5.74, 6) is -0.871. The Morgan fingerprint density at radius 1 is 1.50 bits per heavy atom. The molecule has 0 radical (unpaired) electrons. The van der Waals surface area contributed by atoms with E-state index >= 15 is 0 Å². The summed E-state index contributed by atoms with van der Waals surface area (Å²) >= 11 is 2.09. The number of hydrogen-bond acceptors (Lipinski definition) is 2. The zero-order valence-corrected chi connectivity index (χ0v) is 10.3. The molecule has 0 unspecified atom stereocenters. The number of carboxylic acids is 1. The van der Waals surface area contributed by atoms with Crippen LogP contribution in [0.15, 0.2) is 24.4 Å². The molecule has 0 saturated carbocycles. The molecule has 2 aromatic rings. The molecule has 3 rings (SSSR count). The second kappa shape index (κ2) is 3.31. The first kappa shape index (κ1) is 9.83. The molecule has 4 nitrogen and oxygen atoms in total. The molecule has 1 aromatic heterocycles. The first-order valence-corrected chi connectivity index (χ1v) is 5.73.